The van der Waals surface area contributed by atoms with Crippen molar-refractivity contribution in [3.05, 3.63) is 24.3 Å². The molecule has 0 saturated heterocycles. The molecule has 1 fully saturated rings. The van der Waals surface area contributed by atoms with Crippen molar-refractivity contribution in [2.24, 2.45) is 0 Å². The van der Waals surface area contributed by atoms with Gasteiger partial charge in [-0.25, -0.2) is 4.98 Å². The molecule has 4 rings (SSSR count). The third-order valence-electron chi connectivity index (χ3n) is 4.33. The van der Waals surface area contributed by atoms with Crippen LogP contribution in [0.15, 0.2) is 24.3 Å². The lowest BCUT2D eigenvalue weighted by Gasteiger charge is -2.23. The van der Waals surface area contributed by atoms with Gasteiger partial charge in [0.2, 0.25) is 5.65 Å². The number of nitrogens with zero attached hydrogens (tertiary/aromatic N) is 7. The minimum absolute atomic E-state index is 0.704. The van der Waals surface area contributed by atoms with E-state index in [0.717, 1.165) is 36.0 Å². The number of tetrazole rings is 1. The molecule has 0 N–H and O–H groups in total. The lowest BCUT2D eigenvalue weighted by Crippen LogP contribution is -2.32. The molecule has 0 amide bonds. The first kappa shape index (κ1) is 13.4. The summed E-state index contributed by atoms with van der Waals surface area (Å²) in [6.07, 6.45) is 2.65. The van der Waals surface area contributed by atoms with Crippen molar-refractivity contribution in [3.63, 3.8) is 0 Å². The number of hydrogen-bond acceptors (Lipinski definition) is 6. The molecular weight excluding hydrogens is 278 g/mol. The highest BCUT2D eigenvalue weighted by molar-refractivity contribution is 5.82. The Morgan fingerprint density at radius 3 is 2.82 bits per heavy atom. The number of hydrogen-bond donors (Lipinski definition) is 0. The summed E-state index contributed by atoms with van der Waals surface area (Å²) in [4.78, 5) is 9.31. The lowest BCUT2D eigenvalue weighted by atomic mass is 10.3. The van der Waals surface area contributed by atoms with E-state index in [2.05, 4.69) is 32.4 Å². The zero-order chi connectivity index (χ0) is 15.1. The SMILES string of the molecule is CN(CCN(C)C1CC1)c1nc2ccccc2n2nnnc12. The zero-order valence-corrected chi connectivity index (χ0v) is 12.8. The Labute approximate surface area is 128 Å². The maximum absolute atomic E-state index is 4.76. The van der Waals surface area contributed by atoms with Crippen LogP contribution in [0.5, 0.6) is 0 Å². The van der Waals surface area contributed by atoms with E-state index in [1.54, 1.807) is 4.52 Å². The Kier molecular flexibility index (Phi) is 3.15. The summed E-state index contributed by atoms with van der Waals surface area (Å²) in [7, 11) is 4.24. The van der Waals surface area contributed by atoms with Crippen molar-refractivity contribution in [1.29, 1.82) is 0 Å². The van der Waals surface area contributed by atoms with Gasteiger partial charge in [0.1, 0.15) is 0 Å². The molecule has 1 aliphatic rings. The molecule has 0 radical (unpaired) electrons. The quantitative estimate of drug-likeness (QED) is 0.705. The van der Waals surface area contributed by atoms with Crippen LogP contribution in [0, 0.1) is 0 Å². The minimum atomic E-state index is 0.704. The van der Waals surface area contributed by atoms with E-state index in [4.69, 9.17) is 4.98 Å². The summed E-state index contributed by atoms with van der Waals surface area (Å²) in [5.74, 6) is 0.827. The van der Waals surface area contributed by atoms with Crippen LogP contribution in [-0.2, 0) is 0 Å². The van der Waals surface area contributed by atoms with E-state index in [1.165, 1.54) is 12.8 Å². The number of anilines is 1. The van der Waals surface area contributed by atoms with Crippen LogP contribution >= 0.6 is 0 Å². The van der Waals surface area contributed by atoms with Gasteiger partial charge in [-0.15, -0.1) is 5.10 Å². The molecule has 1 aromatic carbocycles. The van der Waals surface area contributed by atoms with Gasteiger partial charge in [0.25, 0.3) is 0 Å². The van der Waals surface area contributed by atoms with Gasteiger partial charge < -0.3 is 9.80 Å². The molecule has 2 heterocycles. The fraction of sp³-hybridized carbons (Fsp3) is 0.467. The topological polar surface area (TPSA) is 62.5 Å². The monoisotopic (exact) mass is 297 g/mol. The Hall–Kier alpha value is -2.28. The Bertz CT molecular complexity index is 808. The molecule has 114 valence electrons. The summed E-state index contributed by atoms with van der Waals surface area (Å²) in [5, 5.41) is 12.1. The molecular formula is C15H19N7. The number of aromatic nitrogens is 5. The first-order valence-electron chi connectivity index (χ1n) is 7.62. The Morgan fingerprint density at radius 2 is 2.00 bits per heavy atom. The van der Waals surface area contributed by atoms with Crippen molar-refractivity contribution in [2.45, 2.75) is 18.9 Å². The summed E-state index contributed by atoms with van der Waals surface area (Å²) in [6.45, 7) is 1.92. The predicted molar refractivity (Wildman–Crippen MR) is 85.0 cm³/mol. The molecule has 7 heteroatoms. The van der Waals surface area contributed by atoms with E-state index in [9.17, 15) is 0 Å². The molecule has 7 nitrogen and oxygen atoms in total. The maximum atomic E-state index is 4.76. The average Bonchev–Trinajstić information content (AvgIpc) is 3.28. The number of benzene rings is 1. The maximum Gasteiger partial charge on any atom is 0.222 e. The molecule has 1 saturated carbocycles. The van der Waals surface area contributed by atoms with Gasteiger partial charge >= 0.3 is 0 Å². The van der Waals surface area contributed by atoms with Gasteiger partial charge in [-0.05, 0) is 42.4 Å². The predicted octanol–water partition coefficient (Wildman–Crippen LogP) is 1.20. The number of likely N-dealkylation sites (N-methyl/N-ethyl adjacent to an activating group) is 2. The molecule has 1 aliphatic carbocycles. The second kappa shape index (κ2) is 5.17. The highest BCUT2D eigenvalue weighted by Gasteiger charge is 2.26. The molecule has 2 aromatic heterocycles. The van der Waals surface area contributed by atoms with Crippen molar-refractivity contribution < 1.29 is 0 Å². The van der Waals surface area contributed by atoms with Crippen LogP contribution in [-0.4, -0.2) is 63.2 Å². The standard InChI is InChI=1S/C15H19N7/c1-20(11-7-8-11)9-10-21(2)14-15-17-18-19-22(15)13-6-4-3-5-12(13)16-14/h3-6,11H,7-10H2,1-2H3. The van der Waals surface area contributed by atoms with Gasteiger partial charge in [-0.3, -0.25) is 0 Å². The van der Waals surface area contributed by atoms with Crippen molar-refractivity contribution in [2.75, 3.05) is 32.1 Å². The van der Waals surface area contributed by atoms with Crippen LogP contribution in [0.2, 0.25) is 0 Å². The number of fused-ring (bicyclic) bond motifs is 3. The Balaban J connectivity index is 1.67. The minimum Gasteiger partial charge on any atom is -0.355 e. The number of para-hydroxylation sites is 2. The molecule has 0 bridgehead atoms. The van der Waals surface area contributed by atoms with Crippen molar-refractivity contribution >= 4 is 22.5 Å². The van der Waals surface area contributed by atoms with E-state index < -0.39 is 0 Å². The van der Waals surface area contributed by atoms with Gasteiger partial charge in [-0.2, -0.15) is 4.52 Å². The molecule has 0 spiro atoms. The molecule has 22 heavy (non-hydrogen) atoms. The van der Waals surface area contributed by atoms with Crippen LogP contribution < -0.4 is 4.90 Å². The molecule has 3 aromatic rings. The number of rotatable bonds is 5. The second-order valence-corrected chi connectivity index (χ2v) is 5.97. The van der Waals surface area contributed by atoms with Gasteiger partial charge in [0.15, 0.2) is 5.82 Å². The summed E-state index contributed by atoms with van der Waals surface area (Å²) in [6, 6.07) is 8.70. The van der Waals surface area contributed by atoms with E-state index >= 15 is 0 Å². The van der Waals surface area contributed by atoms with Gasteiger partial charge in [0.05, 0.1) is 11.0 Å². The van der Waals surface area contributed by atoms with Gasteiger partial charge in [0, 0.05) is 26.2 Å². The summed E-state index contributed by atoms with van der Waals surface area (Å²) in [5.41, 5.74) is 2.53. The highest BCUT2D eigenvalue weighted by Crippen LogP contribution is 2.25. The largest absolute Gasteiger partial charge is 0.355 e. The van der Waals surface area contributed by atoms with E-state index in [-0.39, 0.29) is 0 Å². The first-order chi connectivity index (χ1) is 10.7. The summed E-state index contributed by atoms with van der Waals surface area (Å²) < 4.78 is 1.76. The van der Waals surface area contributed by atoms with Crippen molar-refractivity contribution in [3.8, 4) is 0 Å². The van der Waals surface area contributed by atoms with Crippen LogP contribution in [0.1, 0.15) is 12.8 Å². The van der Waals surface area contributed by atoms with Crippen LogP contribution in [0.25, 0.3) is 16.7 Å². The third kappa shape index (κ3) is 2.27. The summed E-state index contributed by atoms with van der Waals surface area (Å²) >= 11 is 0. The van der Waals surface area contributed by atoms with Gasteiger partial charge in [-0.1, -0.05) is 12.1 Å². The second-order valence-electron chi connectivity index (χ2n) is 5.97. The fourth-order valence-corrected chi connectivity index (χ4v) is 2.76. The molecule has 0 unspecified atom stereocenters. The highest BCUT2D eigenvalue weighted by atomic mass is 15.5. The van der Waals surface area contributed by atoms with E-state index in [0.29, 0.717) is 5.65 Å². The van der Waals surface area contributed by atoms with E-state index in [1.807, 2.05) is 31.3 Å². The normalized spacial score (nSPS) is 15.0. The molecule has 0 aliphatic heterocycles. The fourth-order valence-electron chi connectivity index (χ4n) is 2.76. The smallest absolute Gasteiger partial charge is 0.222 e. The first-order valence-corrected chi connectivity index (χ1v) is 7.62. The van der Waals surface area contributed by atoms with Crippen LogP contribution in [0.4, 0.5) is 5.82 Å². The Morgan fingerprint density at radius 1 is 1.18 bits per heavy atom. The zero-order valence-electron chi connectivity index (χ0n) is 12.8. The van der Waals surface area contributed by atoms with Crippen LogP contribution in [0.3, 0.4) is 0 Å². The van der Waals surface area contributed by atoms with Crippen molar-refractivity contribution in [1.82, 2.24) is 29.9 Å². The third-order valence-corrected chi connectivity index (χ3v) is 4.33. The lowest BCUT2D eigenvalue weighted by molar-refractivity contribution is 0.331. The average molecular weight is 297 g/mol. The molecule has 0 atom stereocenters.